The Morgan fingerprint density at radius 2 is 2.15 bits per heavy atom. The van der Waals surface area contributed by atoms with Crippen molar-refractivity contribution < 1.29 is 27.8 Å². The largest absolute Gasteiger partial charge is 0.493 e. The lowest BCUT2D eigenvalue weighted by atomic mass is 10.2. The van der Waals surface area contributed by atoms with Gasteiger partial charge < -0.3 is 15.2 Å². The summed E-state index contributed by atoms with van der Waals surface area (Å²) in [6.07, 6.45) is -7.37. The number of carbonyl (C=O) groups is 1. The van der Waals surface area contributed by atoms with Crippen molar-refractivity contribution in [3.05, 3.63) is 29.8 Å². The molecule has 1 aromatic carbocycles. The van der Waals surface area contributed by atoms with Crippen molar-refractivity contribution in [3.8, 4) is 5.75 Å². The third-order valence-electron chi connectivity index (χ3n) is 2.46. The number of hydrogen-bond donors (Lipinski definition) is 2. The Balaban J connectivity index is 2.24. The zero-order valence-electron chi connectivity index (χ0n) is 10.9. The first-order chi connectivity index (χ1) is 9.29. The van der Waals surface area contributed by atoms with Gasteiger partial charge >= 0.3 is 6.18 Å². The fourth-order valence-corrected chi connectivity index (χ4v) is 1.38. The lowest BCUT2D eigenvalue weighted by molar-refractivity contribution is -0.201. The van der Waals surface area contributed by atoms with E-state index in [0.29, 0.717) is 5.75 Å². The smallest absolute Gasteiger partial charge is 0.416 e. The van der Waals surface area contributed by atoms with Gasteiger partial charge in [0.25, 0.3) is 0 Å². The van der Waals surface area contributed by atoms with Gasteiger partial charge in [-0.15, -0.1) is 0 Å². The molecule has 1 unspecified atom stereocenters. The van der Waals surface area contributed by atoms with Gasteiger partial charge in [-0.05, 0) is 24.6 Å². The van der Waals surface area contributed by atoms with Crippen molar-refractivity contribution in [1.82, 2.24) is 5.32 Å². The Kier molecular flexibility index (Phi) is 5.82. The van der Waals surface area contributed by atoms with E-state index in [1.807, 2.05) is 18.3 Å². The normalized spacial score (nSPS) is 12.8. The molecule has 0 aliphatic heterocycles. The van der Waals surface area contributed by atoms with Crippen molar-refractivity contribution >= 4 is 5.91 Å². The van der Waals surface area contributed by atoms with Crippen LogP contribution in [0.4, 0.5) is 13.2 Å². The standard InChI is InChI=1S/C13H16F3NO3/c1-9-3-2-4-10(7-9)20-6-5-12(19)17-8-11(18)13(14,15)16/h2-4,7,11,18H,5-6,8H2,1H3,(H,17,19). The summed E-state index contributed by atoms with van der Waals surface area (Å²) in [5.41, 5.74) is 1.00. The van der Waals surface area contributed by atoms with Crippen LogP contribution in [-0.4, -0.2) is 36.4 Å². The van der Waals surface area contributed by atoms with Crippen molar-refractivity contribution in [1.29, 1.82) is 0 Å². The van der Waals surface area contributed by atoms with Gasteiger partial charge in [0.05, 0.1) is 19.6 Å². The number of alkyl halides is 3. The SMILES string of the molecule is Cc1cccc(OCCC(=O)NCC(O)C(F)(F)F)c1. The summed E-state index contributed by atoms with van der Waals surface area (Å²) in [4.78, 5) is 11.3. The van der Waals surface area contributed by atoms with E-state index >= 15 is 0 Å². The van der Waals surface area contributed by atoms with Gasteiger partial charge in [0.15, 0.2) is 6.10 Å². The maximum Gasteiger partial charge on any atom is 0.416 e. The number of rotatable bonds is 6. The predicted molar refractivity (Wildman–Crippen MR) is 66.4 cm³/mol. The van der Waals surface area contributed by atoms with Crippen LogP contribution in [0.1, 0.15) is 12.0 Å². The fourth-order valence-electron chi connectivity index (χ4n) is 1.38. The van der Waals surface area contributed by atoms with Crippen LogP contribution in [0.15, 0.2) is 24.3 Å². The van der Waals surface area contributed by atoms with E-state index in [1.165, 1.54) is 0 Å². The Hall–Kier alpha value is -1.76. The van der Waals surface area contributed by atoms with Crippen LogP contribution in [0.5, 0.6) is 5.75 Å². The van der Waals surface area contributed by atoms with Gasteiger partial charge in [0.2, 0.25) is 5.91 Å². The number of benzene rings is 1. The molecule has 0 aromatic heterocycles. The number of hydrogen-bond acceptors (Lipinski definition) is 3. The number of aryl methyl sites for hydroxylation is 1. The molecule has 1 rings (SSSR count). The summed E-state index contributed by atoms with van der Waals surface area (Å²) in [5.74, 6) is -0.0194. The second-order valence-electron chi connectivity index (χ2n) is 4.28. The fraction of sp³-hybridized carbons (Fsp3) is 0.462. The van der Waals surface area contributed by atoms with Gasteiger partial charge in [0, 0.05) is 0 Å². The molecule has 0 saturated carbocycles. The zero-order valence-corrected chi connectivity index (χ0v) is 10.9. The Morgan fingerprint density at radius 1 is 1.45 bits per heavy atom. The van der Waals surface area contributed by atoms with Crippen LogP contribution in [0.25, 0.3) is 0 Å². The highest BCUT2D eigenvalue weighted by Crippen LogP contribution is 2.19. The van der Waals surface area contributed by atoms with Gasteiger partial charge in [-0.2, -0.15) is 13.2 Å². The van der Waals surface area contributed by atoms with Crippen LogP contribution in [-0.2, 0) is 4.79 Å². The topological polar surface area (TPSA) is 58.6 Å². The molecule has 0 radical (unpaired) electrons. The first kappa shape index (κ1) is 16.3. The minimum absolute atomic E-state index is 0.0530. The lowest BCUT2D eigenvalue weighted by Gasteiger charge is -2.15. The van der Waals surface area contributed by atoms with Crippen LogP contribution < -0.4 is 10.1 Å². The second-order valence-corrected chi connectivity index (χ2v) is 4.28. The van der Waals surface area contributed by atoms with Crippen molar-refractivity contribution in [2.75, 3.05) is 13.2 Å². The molecule has 112 valence electrons. The quantitative estimate of drug-likeness (QED) is 0.840. The van der Waals surface area contributed by atoms with E-state index in [4.69, 9.17) is 9.84 Å². The van der Waals surface area contributed by atoms with Crippen molar-refractivity contribution in [2.24, 2.45) is 0 Å². The maximum absolute atomic E-state index is 12.0. The van der Waals surface area contributed by atoms with Crippen molar-refractivity contribution in [3.63, 3.8) is 0 Å². The van der Waals surface area contributed by atoms with Crippen LogP contribution >= 0.6 is 0 Å². The predicted octanol–water partition coefficient (Wildman–Crippen LogP) is 1.80. The van der Waals surface area contributed by atoms with E-state index in [1.54, 1.807) is 18.2 Å². The number of carbonyl (C=O) groups excluding carboxylic acids is 1. The Morgan fingerprint density at radius 3 is 2.75 bits per heavy atom. The molecule has 20 heavy (non-hydrogen) atoms. The molecular formula is C13H16F3NO3. The first-order valence-corrected chi connectivity index (χ1v) is 6.00. The van der Waals surface area contributed by atoms with E-state index in [9.17, 15) is 18.0 Å². The third kappa shape index (κ3) is 5.92. The Labute approximate surface area is 114 Å². The minimum Gasteiger partial charge on any atom is -0.493 e. The lowest BCUT2D eigenvalue weighted by Crippen LogP contribution is -2.40. The third-order valence-corrected chi connectivity index (χ3v) is 2.46. The van der Waals surface area contributed by atoms with Gasteiger partial charge in [0.1, 0.15) is 5.75 Å². The number of ether oxygens (including phenoxy) is 1. The molecule has 0 aliphatic rings. The number of aliphatic hydroxyl groups is 1. The molecule has 0 aliphatic carbocycles. The summed E-state index contributed by atoms with van der Waals surface area (Å²) >= 11 is 0. The highest BCUT2D eigenvalue weighted by atomic mass is 19.4. The molecular weight excluding hydrogens is 275 g/mol. The Bertz CT molecular complexity index is 449. The van der Waals surface area contributed by atoms with Crippen molar-refractivity contribution in [2.45, 2.75) is 25.6 Å². The average molecular weight is 291 g/mol. The van der Waals surface area contributed by atoms with Gasteiger partial charge in [-0.1, -0.05) is 12.1 Å². The summed E-state index contributed by atoms with van der Waals surface area (Å²) < 4.78 is 41.2. The molecule has 0 fully saturated rings. The molecule has 1 amide bonds. The summed E-state index contributed by atoms with van der Waals surface area (Å²) in [6, 6.07) is 7.19. The van der Waals surface area contributed by atoms with E-state index in [0.717, 1.165) is 5.56 Å². The van der Waals surface area contributed by atoms with Gasteiger partial charge in [-0.25, -0.2) is 0 Å². The highest BCUT2D eigenvalue weighted by molar-refractivity contribution is 5.76. The van der Waals surface area contributed by atoms with Crippen LogP contribution in [0.3, 0.4) is 0 Å². The van der Waals surface area contributed by atoms with Gasteiger partial charge in [-0.3, -0.25) is 4.79 Å². The maximum atomic E-state index is 12.0. The van der Waals surface area contributed by atoms with E-state index < -0.39 is 24.7 Å². The number of halogens is 3. The number of aliphatic hydroxyl groups excluding tert-OH is 1. The molecule has 1 atom stereocenters. The average Bonchev–Trinajstić information content (AvgIpc) is 2.35. The second kappa shape index (κ2) is 7.14. The highest BCUT2D eigenvalue weighted by Gasteiger charge is 2.38. The molecule has 4 nitrogen and oxygen atoms in total. The number of nitrogens with one attached hydrogen (secondary N) is 1. The molecule has 0 bridgehead atoms. The number of amides is 1. The summed E-state index contributed by atoms with van der Waals surface area (Å²) in [6.45, 7) is 1.09. The summed E-state index contributed by atoms with van der Waals surface area (Å²) in [7, 11) is 0. The molecule has 0 saturated heterocycles. The minimum atomic E-state index is -4.73. The zero-order chi connectivity index (χ0) is 15.2. The van der Waals surface area contributed by atoms with E-state index in [2.05, 4.69) is 0 Å². The van der Waals surface area contributed by atoms with Crippen LogP contribution in [0.2, 0.25) is 0 Å². The monoisotopic (exact) mass is 291 g/mol. The van der Waals surface area contributed by atoms with Crippen LogP contribution in [0, 0.1) is 6.92 Å². The summed E-state index contributed by atoms with van der Waals surface area (Å²) in [5, 5.41) is 10.7. The molecule has 0 spiro atoms. The molecule has 2 N–H and O–H groups in total. The molecule has 0 heterocycles. The van der Waals surface area contributed by atoms with E-state index in [-0.39, 0.29) is 13.0 Å². The first-order valence-electron chi connectivity index (χ1n) is 6.00. The molecule has 7 heteroatoms. The molecule has 1 aromatic rings.